The minimum absolute atomic E-state index is 0.0907. The first-order chi connectivity index (χ1) is 12.8. The van der Waals surface area contributed by atoms with Crippen molar-refractivity contribution in [1.29, 1.82) is 0 Å². The van der Waals surface area contributed by atoms with Crippen molar-refractivity contribution >= 4 is 21.7 Å². The number of carbonyl (C=O) groups excluding carboxylic acids is 2. The Morgan fingerprint density at radius 3 is 2.74 bits per heavy atom. The molecule has 3 rings (SSSR count). The smallest absolute Gasteiger partial charge is 0.251 e. The van der Waals surface area contributed by atoms with E-state index in [1.807, 2.05) is 4.90 Å². The fourth-order valence-corrected chi connectivity index (χ4v) is 4.03. The van der Waals surface area contributed by atoms with Gasteiger partial charge >= 0.3 is 0 Å². The Kier molecular flexibility index (Phi) is 6.13. The first-order valence-electron chi connectivity index (χ1n) is 9.03. The van der Waals surface area contributed by atoms with Crippen molar-refractivity contribution in [2.24, 2.45) is 5.92 Å². The van der Waals surface area contributed by atoms with Gasteiger partial charge in [0.15, 0.2) is 9.84 Å². The minimum Gasteiger partial charge on any atom is -0.378 e. The Morgan fingerprint density at radius 1 is 1.30 bits per heavy atom. The number of benzene rings is 1. The van der Waals surface area contributed by atoms with Crippen LogP contribution in [-0.4, -0.2) is 76.8 Å². The molecule has 2 aliphatic rings. The lowest BCUT2D eigenvalue weighted by Crippen LogP contribution is -2.48. The highest BCUT2D eigenvalue weighted by atomic mass is 32.2. The zero-order valence-corrected chi connectivity index (χ0v) is 16.1. The van der Waals surface area contributed by atoms with E-state index in [2.05, 4.69) is 10.6 Å². The van der Waals surface area contributed by atoms with E-state index in [0.29, 0.717) is 51.4 Å². The lowest BCUT2D eigenvalue weighted by Gasteiger charge is -2.29. The maximum Gasteiger partial charge on any atom is 0.251 e. The molecular formula is C18H25N3O5S. The summed E-state index contributed by atoms with van der Waals surface area (Å²) in [5.74, 6) is -0.0709. The van der Waals surface area contributed by atoms with E-state index in [0.717, 1.165) is 6.26 Å². The monoisotopic (exact) mass is 395 g/mol. The Bertz CT molecular complexity index is 805. The van der Waals surface area contributed by atoms with Gasteiger partial charge in [0.1, 0.15) is 0 Å². The van der Waals surface area contributed by atoms with E-state index in [9.17, 15) is 18.0 Å². The average molecular weight is 395 g/mol. The van der Waals surface area contributed by atoms with Crippen LogP contribution in [0.25, 0.3) is 0 Å². The number of ether oxygens (including phenoxy) is 1. The molecule has 2 N–H and O–H groups in total. The number of hydrogen-bond donors (Lipinski definition) is 2. The highest BCUT2D eigenvalue weighted by Crippen LogP contribution is 2.17. The number of morpholine rings is 1. The summed E-state index contributed by atoms with van der Waals surface area (Å²) in [5, 5.41) is 6.07. The number of carbonyl (C=O) groups is 2. The fraction of sp³-hybridized carbons (Fsp3) is 0.556. The van der Waals surface area contributed by atoms with E-state index < -0.39 is 9.84 Å². The van der Waals surface area contributed by atoms with Crippen LogP contribution in [0.1, 0.15) is 16.8 Å². The molecule has 0 radical (unpaired) electrons. The molecule has 0 bridgehead atoms. The predicted octanol–water partition coefficient (Wildman–Crippen LogP) is -0.343. The average Bonchev–Trinajstić information content (AvgIpc) is 3.14. The number of amides is 2. The highest BCUT2D eigenvalue weighted by Gasteiger charge is 2.32. The highest BCUT2D eigenvalue weighted by molar-refractivity contribution is 7.90. The summed E-state index contributed by atoms with van der Waals surface area (Å²) in [7, 11) is -3.36. The molecular weight excluding hydrogens is 370 g/mol. The molecule has 1 aromatic carbocycles. The van der Waals surface area contributed by atoms with Gasteiger partial charge in [0.05, 0.1) is 24.2 Å². The third-order valence-corrected chi connectivity index (χ3v) is 6.03. The topological polar surface area (TPSA) is 105 Å². The van der Waals surface area contributed by atoms with E-state index >= 15 is 0 Å². The summed E-state index contributed by atoms with van der Waals surface area (Å²) in [4.78, 5) is 26.8. The second-order valence-corrected chi connectivity index (χ2v) is 9.03. The summed E-state index contributed by atoms with van der Waals surface area (Å²) < 4.78 is 28.5. The van der Waals surface area contributed by atoms with E-state index in [1.54, 1.807) is 12.1 Å². The largest absolute Gasteiger partial charge is 0.378 e. The zero-order valence-electron chi connectivity index (χ0n) is 15.3. The molecule has 0 spiro atoms. The van der Waals surface area contributed by atoms with Crippen LogP contribution >= 0.6 is 0 Å². The quantitative estimate of drug-likeness (QED) is 0.707. The van der Waals surface area contributed by atoms with Crippen LogP contribution in [-0.2, 0) is 19.4 Å². The van der Waals surface area contributed by atoms with Crippen LogP contribution in [0.5, 0.6) is 0 Å². The minimum atomic E-state index is -3.36. The van der Waals surface area contributed by atoms with Gasteiger partial charge in [-0.1, -0.05) is 6.07 Å². The van der Waals surface area contributed by atoms with Gasteiger partial charge in [-0.15, -0.1) is 0 Å². The molecule has 0 aliphatic carbocycles. The number of hydrogen-bond acceptors (Lipinski definition) is 6. The van der Waals surface area contributed by atoms with Crippen molar-refractivity contribution < 1.29 is 22.7 Å². The van der Waals surface area contributed by atoms with Crippen LogP contribution in [0.4, 0.5) is 0 Å². The van der Waals surface area contributed by atoms with Crippen LogP contribution in [0.15, 0.2) is 29.2 Å². The molecule has 1 aromatic rings. The fourth-order valence-electron chi connectivity index (χ4n) is 3.36. The molecule has 148 valence electrons. The second kappa shape index (κ2) is 8.37. The number of nitrogens with zero attached hydrogens (tertiary/aromatic N) is 1. The van der Waals surface area contributed by atoms with E-state index in [1.165, 1.54) is 12.1 Å². The molecule has 9 heteroatoms. The first-order valence-corrected chi connectivity index (χ1v) is 10.9. The molecule has 8 nitrogen and oxygen atoms in total. The summed E-state index contributed by atoms with van der Waals surface area (Å²) in [6.45, 7) is 3.48. The molecule has 2 heterocycles. The second-order valence-electron chi connectivity index (χ2n) is 7.01. The zero-order chi connectivity index (χ0) is 19.4. The lowest BCUT2D eigenvalue weighted by atomic mass is 10.0. The van der Waals surface area contributed by atoms with E-state index in [-0.39, 0.29) is 28.7 Å². The third-order valence-electron chi connectivity index (χ3n) is 4.92. The van der Waals surface area contributed by atoms with Gasteiger partial charge in [0, 0.05) is 38.0 Å². The normalized spacial score (nSPS) is 23.2. The molecule has 2 aliphatic heterocycles. The van der Waals surface area contributed by atoms with Gasteiger partial charge in [0.25, 0.3) is 5.91 Å². The Labute approximate surface area is 159 Å². The van der Waals surface area contributed by atoms with Crippen LogP contribution in [0.3, 0.4) is 0 Å². The summed E-state index contributed by atoms with van der Waals surface area (Å²) in [5.41, 5.74) is 0.310. The van der Waals surface area contributed by atoms with Crippen molar-refractivity contribution in [3.05, 3.63) is 29.8 Å². The van der Waals surface area contributed by atoms with Gasteiger partial charge in [0.2, 0.25) is 5.91 Å². The molecule has 2 atom stereocenters. The Morgan fingerprint density at radius 2 is 2.04 bits per heavy atom. The molecule has 2 fully saturated rings. The molecule has 2 amide bonds. The van der Waals surface area contributed by atoms with Gasteiger partial charge < -0.3 is 20.3 Å². The molecule has 27 heavy (non-hydrogen) atoms. The molecule has 0 unspecified atom stereocenters. The Balaban J connectivity index is 1.51. The molecule has 0 saturated carbocycles. The number of sulfone groups is 1. The summed E-state index contributed by atoms with van der Waals surface area (Å²) in [6.07, 6.45) is 1.78. The third kappa shape index (κ3) is 5.06. The molecule has 2 saturated heterocycles. The van der Waals surface area contributed by atoms with Gasteiger partial charge in [-0.05, 0) is 30.5 Å². The predicted molar refractivity (Wildman–Crippen MR) is 99.2 cm³/mol. The van der Waals surface area contributed by atoms with Crippen molar-refractivity contribution in [2.75, 3.05) is 45.6 Å². The summed E-state index contributed by atoms with van der Waals surface area (Å²) >= 11 is 0. The van der Waals surface area contributed by atoms with Crippen LogP contribution in [0.2, 0.25) is 0 Å². The van der Waals surface area contributed by atoms with Gasteiger partial charge in [-0.3, -0.25) is 9.59 Å². The van der Waals surface area contributed by atoms with Crippen molar-refractivity contribution in [3.8, 4) is 0 Å². The SMILES string of the molecule is CS(=O)(=O)c1cccc(C(=O)NC[C@@H]2CN[C@H](C(=O)N3CCOCC3)C2)c1. The maximum absolute atomic E-state index is 12.5. The number of rotatable bonds is 5. The van der Waals surface area contributed by atoms with Crippen molar-refractivity contribution in [3.63, 3.8) is 0 Å². The van der Waals surface area contributed by atoms with Crippen molar-refractivity contribution in [2.45, 2.75) is 17.4 Å². The van der Waals surface area contributed by atoms with E-state index in [4.69, 9.17) is 4.74 Å². The van der Waals surface area contributed by atoms with Gasteiger partial charge in [-0.25, -0.2) is 8.42 Å². The number of nitrogens with one attached hydrogen (secondary N) is 2. The summed E-state index contributed by atoms with van der Waals surface area (Å²) in [6, 6.07) is 5.76. The Hall–Kier alpha value is -1.97. The standard InChI is InChI=1S/C18H25N3O5S/c1-27(24,25)15-4-2-3-14(10-15)17(22)20-12-13-9-16(19-11-13)18(23)21-5-7-26-8-6-21/h2-4,10,13,16,19H,5-9,11-12H2,1H3,(H,20,22)/t13-,16-/m0/s1. The van der Waals surface area contributed by atoms with Crippen LogP contribution < -0.4 is 10.6 Å². The first kappa shape index (κ1) is 19.8. The van der Waals surface area contributed by atoms with Crippen molar-refractivity contribution in [1.82, 2.24) is 15.5 Å². The van der Waals surface area contributed by atoms with Gasteiger partial charge in [-0.2, -0.15) is 0 Å². The lowest BCUT2D eigenvalue weighted by molar-refractivity contribution is -0.137. The molecule has 0 aromatic heterocycles. The maximum atomic E-state index is 12.5. The van der Waals surface area contributed by atoms with Crippen LogP contribution in [0, 0.1) is 5.92 Å².